The number of likely N-dealkylation sites (tertiary alicyclic amines) is 1. The number of carbonyl (C=O) groups excluding carboxylic acids is 1. The molecule has 1 aliphatic rings. The molecule has 1 fully saturated rings. The van der Waals surface area contributed by atoms with Crippen molar-refractivity contribution in [3.05, 3.63) is 53.5 Å². The van der Waals surface area contributed by atoms with Gasteiger partial charge in [0.25, 0.3) is 5.91 Å². The topological polar surface area (TPSA) is 55.3 Å². The fourth-order valence-corrected chi connectivity index (χ4v) is 2.72. The lowest BCUT2D eigenvalue weighted by atomic mass is 10.1. The highest BCUT2D eigenvalue weighted by Gasteiger charge is 2.27. The van der Waals surface area contributed by atoms with Gasteiger partial charge in [0.1, 0.15) is 23.6 Å². The Bertz CT molecular complexity index is 754. The first-order valence-electron chi connectivity index (χ1n) is 7.73. The Balaban J connectivity index is 1.69. The van der Waals surface area contributed by atoms with E-state index in [2.05, 4.69) is 9.97 Å². The Kier molecular flexibility index (Phi) is 4.69. The lowest BCUT2D eigenvalue weighted by molar-refractivity contribution is 0.0523. The van der Waals surface area contributed by atoms with Gasteiger partial charge in [-0.2, -0.15) is 4.98 Å². The van der Waals surface area contributed by atoms with Crippen molar-refractivity contribution in [2.75, 3.05) is 13.1 Å². The van der Waals surface area contributed by atoms with E-state index in [0.29, 0.717) is 24.8 Å². The van der Waals surface area contributed by atoms with Crippen LogP contribution in [0, 0.1) is 18.6 Å². The number of benzene rings is 1. The van der Waals surface area contributed by atoms with Crippen molar-refractivity contribution in [2.45, 2.75) is 25.9 Å². The molecule has 126 valence electrons. The number of ether oxygens (including phenoxy) is 1. The number of aromatic nitrogens is 2. The normalized spacial score (nSPS) is 17.6. The number of hydrogen-bond acceptors (Lipinski definition) is 4. The summed E-state index contributed by atoms with van der Waals surface area (Å²) in [5.74, 6) is -0.962. The quantitative estimate of drug-likeness (QED) is 0.867. The molecule has 2 aromatic rings. The van der Waals surface area contributed by atoms with Crippen LogP contribution >= 0.6 is 0 Å². The summed E-state index contributed by atoms with van der Waals surface area (Å²) in [5.41, 5.74) is -0.130. The highest BCUT2D eigenvalue weighted by atomic mass is 19.1. The SMILES string of the molecule is Cc1nccc(OC2CCCN(C(=O)c3ccc(F)cc3F)C2)n1. The van der Waals surface area contributed by atoms with Gasteiger partial charge in [-0.1, -0.05) is 0 Å². The minimum atomic E-state index is -0.852. The molecule has 0 N–H and O–H groups in total. The van der Waals surface area contributed by atoms with Gasteiger partial charge >= 0.3 is 0 Å². The predicted octanol–water partition coefficient (Wildman–Crippen LogP) is 2.75. The van der Waals surface area contributed by atoms with E-state index in [9.17, 15) is 13.6 Å². The number of halogens is 2. The molecule has 2 heterocycles. The van der Waals surface area contributed by atoms with E-state index < -0.39 is 17.5 Å². The number of carbonyl (C=O) groups is 1. The van der Waals surface area contributed by atoms with Gasteiger partial charge in [-0.3, -0.25) is 4.79 Å². The van der Waals surface area contributed by atoms with Crippen LogP contribution in [0.1, 0.15) is 29.0 Å². The number of piperidine rings is 1. The van der Waals surface area contributed by atoms with Crippen LogP contribution in [-0.2, 0) is 0 Å². The average molecular weight is 333 g/mol. The summed E-state index contributed by atoms with van der Waals surface area (Å²) < 4.78 is 32.6. The maximum absolute atomic E-state index is 13.8. The lowest BCUT2D eigenvalue weighted by Crippen LogP contribution is -2.44. The van der Waals surface area contributed by atoms with Crippen LogP contribution in [0.2, 0.25) is 0 Å². The number of nitrogens with zero attached hydrogens (tertiary/aromatic N) is 3. The van der Waals surface area contributed by atoms with Crippen molar-refractivity contribution >= 4 is 5.91 Å². The molecule has 1 atom stereocenters. The highest BCUT2D eigenvalue weighted by Crippen LogP contribution is 2.20. The van der Waals surface area contributed by atoms with Gasteiger partial charge in [-0.05, 0) is 31.9 Å². The van der Waals surface area contributed by atoms with Crippen molar-refractivity contribution in [3.8, 4) is 5.88 Å². The van der Waals surface area contributed by atoms with Gasteiger partial charge in [-0.25, -0.2) is 13.8 Å². The molecule has 0 bridgehead atoms. The average Bonchev–Trinajstić information content (AvgIpc) is 2.54. The van der Waals surface area contributed by atoms with Gasteiger partial charge in [0, 0.05) is 24.9 Å². The molecule has 0 radical (unpaired) electrons. The summed E-state index contributed by atoms with van der Waals surface area (Å²) in [6.07, 6.45) is 2.90. The predicted molar refractivity (Wildman–Crippen MR) is 82.7 cm³/mol. The lowest BCUT2D eigenvalue weighted by Gasteiger charge is -2.32. The highest BCUT2D eigenvalue weighted by molar-refractivity contribution is 5.94. The second-order valence-corrected chi connectivity index (χ2v) is 5.70. The van der Waals surface area contributed by atoms with E-state index in [0.717, 1.165) is 25.0 Å². The van der Waals surface area contributed by atoms with E-state index in [4.69, 9.17) is 4.74 Å². The molecule has 1 aromatic carbocycles. The standard InChI is InChI=1S/C17H17F2N3O2/c1-11-20-7-6-16(21-11)24-13-3-2-8-22(10-13)17(23)14-5-4-12(18)9-15(14)19/h4-7,9,13H,2-3,8,10H2,1H3. The molecular formula is C17H17F2N3O2. The molecule has 5 nitrogen and oxygen atoms in total. The third kappa shape index (κ3) is 3.67. The molecule has 1 aliphatic heterocycles. The van der Waals surface area contributed by atoms with Crippen molar-refractivity contribution in [1.82, 2.24) is 14.9 Å². The van der Waals surface area contributed by atoms with Crippen molar-refractivity contribution < 1.29 is 18.3 Å². The summed E-state index contributed by atoms with van der Waals surface area (Å²) in [5, 5.41) is 0. The van der Waals surface area contributed by atoms with E-state index in [1.165, 1.54) is 11.0 Å². The van der Waals surface area contributed by atoms with Crippen LogP contribution in [0.3, 0.4) is 0 Å². The first-order chi connectivity index (χ1) is 11.5. The Morgan fingerprint density at radius 1 is 1.33 bits per heavy atom. The zero-order valence-corrected chi connectivity index (χ0v) is 13.2. The van der Waals surface area contributed by atoms with Gasteiger partial charge in [0.05, 0.1) is 12.1 Å². The summed E-state index contributed by atoms with van der Waals surface area (Å²) in [6, 6.07) is 4.63. The minimum absolute atomic E-state index is 0.130. The number of hydrogen-bond donors (Lipinski definition) is 0. The molecule has 0 aliphatic carbocycles. The molecule has 0 saturated carbocycles. The molecule has 1 unspecified atom stereocenters. The number of rotatable bonds is 3. The molecule has 1 amide bonds. The van der Waals surface area contributed by atoms with Crippen LogP contribution < -0.4 is 4.74 Å². The Labute approximate surface area is 138 Å². The van der Waals surface area contributed by atoms with E-state index in [-0.39, 0.29) is 11.7 Å². The number of amides is 1. The Morgan fingerprint density at radius 2 is 2.17 bits per heavy atom. The van der Waals surface area contributed by atoms with Crippen LogP contribution in [0.4, 0.5) is 8.78 Å². The molecule has 1 aromatic heterocycles. The third-order valence-corrected chi connectivity index (χ3v) is 3.86. The smallest absolute Gasteiger partial charge is 0.256 e. The fourth-order valence-electron chi connectivity index (χ4n) is 2.72. The molecule has 0 spiro atoms. The summed E-state index contributed by atoms with van der Waals surface area (Å²) in [7, 11) is 0. The Hall–Kier alpha value is -2.57. The maximum atomic E-state index is 13.8. The summed E-state index contributed by atoms with van der Waals surface area (Å²) >= 11 is 0. The molecule has 3 rings (SSSR count). The molecule has 24 heavy (non-hydrogen) atoms. The van der Waals surface area contributed by atoms with Crippen molar-refractivity contribution in [1.29, 1.82) is 0 Å². The monoisotopic (exact) mass is 333 g/mol. The fraction of sp³-hybridized carbons (Fsp3) is 0.353. The zero-order valence-electron chi connectivity index (χ0n) is 13.2. The second-order valence-electron chi connectivity index (χ2n) is 5.70. The zero-order chi connectivity index (χ0) is 17.1. The molecular weight excluding hydrogens is 316 g/mol. The van der Waals surface area contributed by atoms with E-state index >= 15 is 0 Å². The van der Waals surface area contributed by atoms with E-state index in [1.807, 2.05) is 0 Å². The Morgan fingerprint density at radius 3 is 2.92 bits per heavy atom. The van der Waals surface area contributed by atoms with Crippen molar-refractivity contribution in [3.63, 3.8) is 0 Å². The van der Waals surface area contributed by atoms with E-state index in [1.54, 1.807) is 19.2 Å². The first-order valence-corrected chi connectivity index (χ1v) is 7.73. The first kappa shape index (κ1) is 16.3. The summed E-state index contributed by atoms with van der Waals surface area (Å²) in [4.78, 5) is 22.2. The minimum Gasteiger partial charge on any atom is -0.472 e. The third-order valence-electron chi connectivity index (χ3n) is 3.86. The van der Waals surface area contributed by atoms with Crippen LogP contribution in [0.25, 0.3) is 0 Å². The van der Waals surface area contributed by atoms with Crippen LogP contribution in [-0.4, -0.2) is 40.0 Å². The van der Waals surface area contributed by atoms with Crippen molar-refractivity contribution in [2.24, 2.45) is 0 Å². The van der Waals surface area contributed by atoms with Crippen LogP contribution in [0.15, 0.2) is 30.5 Å². The second kappa shape index (κ2) is 6.90. The molecule has 7 heteroatoms. The van der Waals surface area contributed by atoms with Gasteiger partial charge < -0.3 is 9.64 Å². The van der Waals surface area contributed by atoms with Gasteiger partial charge in [0.15, 0.2) is 0 Å². The maximum Gasteiger partial charge on any atom is 0.256 e. The molecule has 1 saturated heterocycles. The van der Waals surface area contributed by atoms with Gasteiger partial charge in [0.2, 0.25) is 5.88 Å². The van der Waals surface area contributed by atoms with Gasteiger partial charge in [-0.15, -0.1) is 0 Å². The largest absolute Gasteiger partial charge is 0.472 e. The summed E-state index contributed by atoms with van der Waals surface area (Å²) in [6.45, 7) is 2.61. The van der Waals surface area contributed by atoms with Crippen LogP contribution in [0.5, 0.6) is 5.88 Å². The number of aryl methyl sites for hydroxylation is 1.